The molecular formula is C13H11F2NO3. The van der Waals surface area contributed by atoms with Crippen LogP contribution in [0.1, 0.15) is 33.8 Å². The van der Waals surface area contributed by atoms with Crippen LogP contribution < -0.4 is 0 Å². The number of carboxylic acid groups (broad SMARTS) is 1. The Balaban J connectivity index is 2.57. The van der Waals surface area contributed by atoms with Gasteiger partial charge >= 0.3 is 5.97 Å². The molecule has 0 saturated carbocycles. The Hall–Kier alpha value is -2.24. The number of hydrogen-bond donors (Lipinski definition) is 1. The number of nitrogens with zero attached hydrogens (tertiary/aromatic N) is 1. The zero-order valence-corrected chi connectivity index (χ0v) is 10.3. The molecule has 0 atom stereocenters. The van der Waals surface area contributed by atoms with Gasteiger partial charge in [-0.15, -0.1) is 0 Å². The molecule has 1 aromatic heterocycles. The SMILES string of the molecule is Cc1cc(C)cc(-c2nc(C(F)F)c(C(=O)O)o2)c1. The summed E-state index contributed by atoms with van der Waals surface area (Å²) in [4.78, 5) is 14.4. The molecule has 1 N–H and O–H groups in total. The maximum atomic E-state index is 12.7. The van der Waals surface area contributed by atoms with E-state index in [1.54, 1.807) is 12.1 Å². The third-order valence-corrected chi connectivity index (χ3v) is 2.52. The van der Waals surface area contributed by atoms with Crippen molar-refractivity contribution in [1.29, 1.82) is 0 Å². The molecule has 0 aliphatic rings. The van der Waals surface area contributed by atoms with Crippen LogP contribution in [0.3, 0.4) is 0 Å². The first-order valence-corrected chi connectivity index (χ1v) is 5.49. The highest BCUT2D eigenvalue weighted by Gasteiger charge is 2.26. The number of hydrogen-bond acceptors (Lipinski definition) is 3. The summed E-state index contributed by atoms with van der Waals surface area (Å²) in [5, 5.41) is 8.82. The fraction of sp³-hybridized carbons (Fsp3) is 0.231. The van der Waals surface area contributed by atoms with Gasteiger partial charge in [0.25, 0.3) is 6.43 Å². The number of aromatic nitrogens is 1. The van der Waals surface area contributed by atoms with E-state index < -0.39 is 23.8 Å². The number of rotatable bonds is 3. The normalized spacial score (nSPS) is 11.0. The quantitative estimate of drug-likeness (QED) is 0.922. The lowest BCUT2D eigenvalue weighted by Gasteiger charge is -2.00. The number of benzene rings is 1. The topological polar surface area (TPSA) is 63.3 Å². The molecule has 0 bridgehead atoms. The minimum absolute atomic E-state index is 0.112. The van der Waals surface area contributed by atoms with Crippen molar-refractivity contribution >= 4 is 5.97 Å². The largest absolute Gasteiger partial charge is 0.475 e. The van der Waals surface area contributed by atoms with Crippen LogP contribution >= 0.6 is 0 Å². The van der Waals surface area contributed by atoms with Crippen LogP contribution in [0.25, 0.3) is 11.5 Å². The van der Waals surface area contributed by atoms with Crippen LogP contribution in [-0.4, -0.2) is 16.1 Å². The molecule has 4 nitrogen and oxygen atoms in total. The minimum Gasteiger partial charge on any atom is -0.475 e. The van der Waals surface area contributed by atoms with E-state index >= 15 is 0 Å². The van der Waals surface area contributed by atoms with Crippen LogP contribution in [0.4, 0.5) is 8.78 Å². The highest BCUT2D eigenvalue weighted by molar-refractivity contribution is 5.86. The van der Waals surface area contributed by atoms with Gasteiger partial charge in [-0.05, 0) is 26.0 Å². The average Bonchev–Trinajstić information content (AvgIpc) is 2.72. The van der Waals surface area contributed by atoms with Crippen molar-refractivity contribution in [3.8, 4) is 11.5 Å². The van der Waals surface area contributed by atoms with Crippen LogP contribution in [0.15, 0.2) is 22.6 Å². The summed E-state index contributed by atoms with van der Waals surface area (Å²) in [6.45, 7) is 3.68. The van der Waals surface area contributed by atoms with E-state index in [1.165, 1.54) is 0 Å². The Morgan fingerprint density at radius 3 is 2.26 bits per heavy atom. The second-order valence-corrected chi connectivity index (χ2v) is 4.22. The van der Waals surface area contributed by atoms with Gasteiger partial charge in [-0.3, -0.25) is 0 Å². The van der Waals surface area contributed by atoms with Crippen LogP contribution in [-0.2, 0) is 0 Å². The molecule has 0 fully saturated rings. The fourth-order valence-electron chi connectivity index (χ4n) is 1.85. The maximum absolute atomic E-state index is 12.7. The molecule has 0 aliphatic carbocycles. The fourth-order valence-corrected chi connectivity index (χ4v) is 1.85. The van der Waals surface area contributed by atoms with Gasteiger partial charge < -0.3 is 9.52 Å². The van der Waals surface area contributed by atoms with E-state index in [9.17, 15) is 13.6 Å². The Bertz CT molecular complexity index is 615. The number of oxazole rings is 1. The third-order valence-electron chi connectivity index (χ3n) is 2.52. The van der Waals surface area contributed by atoms with Gasteiger partial charge in [0, 0.05) is 5.56 Å². The summed E-state index contributed by atoms with van der Waals surface area (Å²) in [6, 6.07) is 5.29. The number of aromatic carboxylic acids is 1. The standard InChI is InChI=1S/C13H11F2NO3/c1-6-3-7(2)5-8(4-6)12-16-9(11(14)15)10(19-12)13(17)18/h3-5,11H,1-2H3,(H,17,18). The molecule has 0 aliphatic heterocycles. The molecule has 0 saturated heterocycles. The summed E-state index contributed by atoms with van der Waals surface area (Å²) in [6.07, 6.45) is -2.99. The highest BCUT2D eigenvalue weighted by Crippen LogP contribution is 2.29. The smallest absolute Gasteiger partial charge is 0.374 e. The summed E-state index contributed by atoms with van der Waals surface area (Å²) in [7, 11) is 0. The van der Waals surface area contributed by atoms with E-state index in [0.717, 1.165) is 11.1 Å². The van der Waals surface area contributed by atoms with Gasteiger partial charge in [0.1, 0.15) is 0 Å². The molecule has 100 valence electrons. The molecule has 1 aromatic carbocycles. The van der Waals surface area contributed by atoms with Crippen molar-refractivity contribution in [2.24, 2.45) is 0 Å². The molecule has 0 amide bonds. The Kier molecular flexibility index (Phi) is 3.33. The van der Waals surface area contributed by atoms with E-state index in [2.05, 4.69) is 4.98 Å². The number of aryl methyl sites for hydroxylation is 2. The molecule has 0 radical (unpaired) electrons. The lowest BCUT2D eigenvalue weighted by molar-refractivity contribution is 0.0647. The van der Waals surface area contributed by atoms with Crippen molar-refractivity contribution < 1.29 is 23.1 Å². The van der Waals surface area contributed by atoms with Gasteiger partial charge in [-0.1, -0.05) is 17.2 Å². The van der Waals surface area contributed by atoms with Crippen LogP contribution in [0.2, 0.25) is 0 Å². The predicted octanol–water partition coefficient (Wildman–Crippen LogP) is 3.59. The monoisotopic (exact) mass is 267 g/mol. The highest BCUT2D eigenvalue weighted by atomic mass is 19.3. The van der Waals surface area contributed by atoms with Gasteiger partial charge in [0.05, 0.1) is 0 Å². The van der Waals surface area contributed by atoms with Gasteiger partial charge in [0.2, 0.25) is 11.7 Å². The molecule has 0 unspecified atom stereocenters. The van der Waals surface area contributed by atoms with Crippen molar-refractivity contribution in [2.75, 3.05) is 0 Å². The first-order chi connectivity index (χ1) is 8.88. The van der Waals surface area contributed by atoms with Crippen LogP contribution in [0, 0.1) is 13.8 Å². The number of halogens is 2. The van der Waals surface area contributed by atoms with E-state index in [-0.39, 0.29) is 5.89 Å². The van der Waals surface area contributed by atoms with E-state index in [4.69, 9.17) is 9.52 Å². The van der Waals surface area contributed by atoms with Gasteiger partial charge in [-0.25, -0.2) is 18.6 Å². The number of alkyl halides is 2. The number of carboxylic acids is 1. The minimum atomic E-state index is -2.99. The van der Waals surface area contributed by atoms with Crippen molar-refractivity contribution in [3.63, 3.8) is 0 Å². The average molecular weight is 267 g/mol. The molecule has 6 heteroatoms. The molecule has 1 heterocycles. The molecule has 2 rings (SSSR count). The second-order valence-electron chi connectivity index (χ2n) is 4.22. The Morgan fingerprint density at radius 1 is 1.26 bits per heavy atom. The molecule has 0 spiro atoms. The lowest BCUT2D eigenvalue weighted by Crippen LogP contribution is -1.99. The molecular weight excluding hydrogens is 256 g/mol. The Morgan fingerprint density at radius 2 is 1.84 bits per heavy atom. The zero-order valence-electron chi connectivity index (χ0n) is 10.3. The third kappa shape index (κ3) is 2.62. The van der Waals surface area contributed by atoms with E-state index in [0.29, 0.717) is 5.56 Å². The second kappa shape index (κ2) is 4.79. The Labute approximate surface area is 107 Å². The summed E-state index contributed by atoms with van der Waals surface area (Å²) >= 11 is 0. The predicted molar refractivity (Wildman–Crippen MR) is 63.3 cm³/mol. The van der Waals surface area contributed by atoms with E-state index in [1.807, 2.05) is 19.9 Å². The molecule has 19 heavy (non-hydrogen) atoms. The van der Waals surface area contributed by atoms with Crippen LogP contribution in [0.5, 0.6) is 0 Å². The zero-order chi connectivity index (χ0) is 14.2. The van der Waals surface area contributed by atoms with Crippen molar-refractivity contribution in [3.05, 3.63) is 40.8 Å². The summed E-state index contributed by atoms with van der Waals surface area (Å²) in [5.41, 5.74) is 1.45. The van der Waals surface area contributed by atoms with Crippen molar-refractivity contribution in [1.82, 2.24) is 4.98 Å². The van der Waals surface area contributed by atoms with Gasteiger partial charge in [-0.2, -0.15) is 0 Å². The number of carbonyl (C=O) groups is 1. The van der Waals surface area contributed by atoms with Gasteiger partial charge in [0.15, 0.2) is 5.69 Å². The van der Waals surface area contributed by atoms with Crippen molar-refractivity contribution in [2.45, 2.75) is 20.3 Å². The lowest BCUT2D eigenvalue weighted by atomic mass is 10.1. The maximum Gasteiger partial charge on any atom is 0.374 e. The molecule has 2 aromatic rings. The summed E-state index contributed by atoms with van der Waals surface area (Å²) in [5.74, 6) is -2.48. The first kappa shape index (κ1) is 13.2. The summed E-state index contributed by atoms with van der Waals surface area (Å²) < 4.78 is 30.3. The first-order valence-electron chi connectivity index (χ1n) is 5.49.